The molecule has 0 saturated carbocycles. The van der Waals surface area contributed by atoms with E-state index in [4.69, 9.17) is 4.74 Å². The van der Waals surface area contributed by atoms with Crippen LogP contribution in [0.4, 0.5) is 0 Å². The molecule has 1 heterocycles. The predicted octanol–water partition coefficient (Wildman–Crippen LogP) is 3.39. The van der Waals surface area contributed by atoms with Crippen molar-refractivity contribution < 1.29 is 9.53 Å². The highest BCUT2D eigenvalue weighted by molar-refractivity contribution is 5.77. The molecule has 24 heavy (non-hydrogen) atoms. The number of rotatable bonds is 6. The third-order valence-electron chi connectivity index (χ3n) is 4.49. The molecule has 1 aliphatic carbocycles. The van der Waals surface area contributed by atoms with Crippen LogP contribution in [-0.2, 0) is 24.2 Å². The number of carbonyl (C=O) groups excluding carboxylic acids is 1. The molecule has 0 atom stereocenters. The third kappa shape index (κ3) is 3.94. The molecule has 1 aromatic carbocycles. The van der Waals surface area contributed by atoms with E-state index in [1.54, 1.807) is 6.20 Å². The summed E-state index contributed by atoms with van der Waals surface area (Å²) in [7, 11) is 0. The smallest absolute Gasteiger partial charge is 0.260 e. The van der Waals surface area contributed by atoms with Crippen LogP contribution in [0, 0.1) is 0 Å². The van der Waals surface area contributed by atoms with Gasteiger partial charge in [0.05, 0.1) is 0 Å². The maximum Gasteiger partial charge on any atom is 0.260 e. The quantitative estimate of drug-likeness (QED) is 0.818. The summed E-state index contributed by atoms with van der Waals surface area (Å²) in [5.41, 5.74) is 3.44. The van der Waals surface area contributed by atoms with Gasteiger partial charge in [0.2, 0.25) is 0 Å². The van der Waals surface area contributed by atoms with Gasteiger partial charge in [-0.2, -0.15) is 0 Å². The molecule has 0 spiro atoms. The summed E-state index contributed by atoms with van der Waals surface area (Å²) in [6.07, 6.45) is 6.14. The molecule has 3 rings (SSSR count). The van der Waals surface area contributed by atoms with E-state index in [0.29, 0.717) is 13.1 Å². The average Bonchev–Trinajstić information content (AvgIpc) is 2.65. The van der Waals surface area contributed by atoms with Gasteiger partial charge in [0.1, 0.15) is 5.75 Å². The van der Waals surface area contributed by atoms with Crippen molar-refractivity contribution in [2.75, 3.05) is 13.2 Å². The standard InChI is InChI=1S/C20H24N2O2/c1-2-22(14-16-8-4-3-5-9-16)20(23)15-24-19-12-13-21-18-11-7-6-10-17(18)19/h3-5,8-9,12-13H,2,6-7,10-11,14-15H2,1H3. The van der Waals surface area contributed by atoms with E-state index < -0.39 is 0 Å². The number of aromatic nitrogens is 1. The summed E-state index contributed by atoms with van der Waals surface area (Å²) >= 11 is 0. The minimum absolute atomic E-state index is 0.0164. The molecular formula is C20H24N2O2. The highest BCUT2D eigenvalue weighted by atomic mass is 16.5. The minimum Gasteiger partial charge on any atom is -0.483 e. The van der Waals surface area contributed by atoms with Gasteiger partial charge in [-0.3, -0.25) is 9.78 Å². The maximum atomic E-state index is 12.5. The predicted molar refractivity (Wildman–Crippen MR) is 93.9 cm³/mol. The van der Waals surface area contributed by atoms with E-state index >= 15 is 0 Å². The lowest BCUT2D eigenvalue weighted by Gasteiger charge is -2.22. The van der Waals surface area contributed by atoms with E-state index in [2.05, 4.69) is 4.98 Å². The second-order valence-electron chi connectivity index (χ2n) is 6.12. The Morgan fingerprint density at radius 2 is 1.96 bits per heavy atom. The van der Waals surface area contributed by atoms with Crippen LogP contribution < -0.4 is 4.74 Å². The van der Waals surface area contributed by atoms with Crippen LogP contribution in [0.3, 0.4) is 0 Å². The van der Waals surface area contributed by atoms with Gasteiger partial charge in [0.25, 0.3) is 5.91 Å². The zero-order valence-corrected chi connectivity index (χ0v) is 14.2. The SMILES string of the molecule is CCN(Cc1ccccc1)C(=O)COc1ccnc2c1CCCC2. The van der Waals surface area contributed by atoms with Crippen molar-refractivity contribution >= 4 is 5.91 Å². The topological polar surface area (TPSA) is 42.4 Å². The average molecular weight is 324 g/mol. The van der Waals surface area contributed by atoms with Gasteiger partial charge in [-0.05, 0) is 44.2 Å². The van der Waals surface area contributed by atoms with Crippen LogP contribution in [0.15, 0.2) is 42.6 Å². The number of nitrogens with zero attached hydrogens (tertiary/aromatic N) is 2. The van der Waals surface area contributed by atoms with Crippen LogP contribution in [-0.4, -0.2) is 28.9 Å². The minimum atomic E-state index is 0.0164. The Morgan fingerprint density at radius 1 is 1.17 bits per heavy atom. The summed E-state index contributed by atoms with van der Waals surface area (Å²) in [6.45, 7) is 3.37. The summed E-state index contributed by atoms with van der Waals surface area (Å²) in [4.78, 5) is 18.8. The highest BCUT2D eigenvalue weighted by Gasteiger charge is 2.17. The number of ether oxygens (including phenoxy) is 1. The van der Waals surface area contributed by atoms with Crippen molar-refractivity contribution in [2.45, 2.75) is 39.2 Å². The second-order valence-corrected chi connectivity index (χ2v) is 6.12. The number of aryl methyl sites for hydroxylation is 1. The fourth-order valence-electron chi connectivity index (χ4n) is 3.14. The summed E-state index contributed by atoms with van der Waals surface area (Å²) in [6, 6.07) is 11.9. The van der Waals surface area contributed by atoms with Crippen molar-refractivity contribution in [1.29, 1.82) is 0 Å². The molecule has 1 aromatic heterocycles. The van der Waals surface area contributed by atoms with E-state index in [9.17, 15) is 4.79 Å². The number of amides is 1. The second kappa shape index (κ2) is 7.95. The van der Waals surface area contributed by atoms with E-state index in [0.717, 1.165) is 36.3 Å². The fourth-order valence-corrected chi connectivity index (χ4v) is 3.14. The number of fused-ring (bicyclic) bond motifs is 1. The lowest BCUT2D eigenvalue weighted by atomic mass is 9.95. The van der Waals surface area contributed by atoms with Gasteiger partial charge in [0.15, 0.2) is 6.61 Å². The Morgan fingerprint density at radius 3 is 2.75 bits per heavy atom. The molecule has 4 heteroatoms. The van der Waals surface area contributed by atoms with Crippen LogP contribution in [0.1, 0.15) is 36.6 Å². The van der Waals surface area contributed by atoms with Crippen LogP contribution in [0.2, 0.25) is 0 Å². The Kier molecular flexibility index (Phi) is 5.47. The normalized spacial score (nSPS) is 13.2. The number of benzene rings is 1. The molecule has 126 valence electrons. The molecule has 0 aliphatic heterocycles. The Bertz CT molecular complexity index is 685. The van der Waals surface area contributed by atoms with Crippen molar-refractivity contribution in [1.82, 2.24) is 9.88 Å². The molecule has 0 fully saturated rings. The first-order valence-corrected chi connectivity index (χ1v) is 8.69. The maximum absolute atomic E-state index is 12.5. The molecule has 2 aromatic rings. The van der Waals surface area contributed by atoms with Crippen LogP contribution in [0.25, 0.3) is 0 Å². The monoisotopic (exact) mass is 324 g/mol. The molecule has 4 nitrogen and oxygen atoms in total. The number of hydrogen-bond donors (Lipinski definition) is 0. The van der Waals surface area contributed by atoms with Gasteiger partial charge in [-0.1, -0.05) is 30.3 Å². The van der Waals surface area contributed by atoms with E-state index in [1.165, 1.54) is 12.0 Å². The third-order valence-corrected chi connectivity index (χ3v) is 4.49. The lowest BCUT2D eigenvalue weighted by molar-refractivity contribution is -0.133. The number of likely N-dealkylation sites (N-methyl/N-ethyl adjacent to an activating group) is 1. The van der Waals surface area contributed by atoms with Gasteiger partial charge in [-0.15, -0.1) is 0 Å². The highest BCUT2D eigenvalue weighted by Crippen LogP contribution is 2.27. The molecule has 1 aliphatic rings. The molecule has 1 amide bonds. The van der Waals surface area contributed by atoms with E-state index in [1.807, 2.05) is 48.2 Å². The summed E-state index contributed by atoms with van der Waals surface area (Å²) < 4.78 is 5.86. The first kappa shape index (κ1) is 16.5. The van der Waals surface area contributed by atoms with Crippen molar-refractivity contribution in [3.8, 4) is 5.75 Å². The van der Waals surface area contributed by atoms with Crippen LogP contribution >= 0.6 is 0 Å². The van der Waals surface area contributed by atoms with Gasteiger partial charge < -0.3 is 9.64 Å². The van der Waals surface area contributed by atoms with Crippen molar-refractivity contribution in [2.24, 2.45) is 0 Å². The Hall–Kier alpha value is -2.36. The summed E-state index contributed by atoms with van der Waals surface area (Å²) in [5, 5.41) is 0. The van der Waals surface area contributed by atoms with Crippen molar-refractivity contribution in [3.05, 3.63) is 59.4 Å². The zero-order chi connectivity index (χ0) is 16.8. The fraction of sp³-hybridized carbons (Fsp3) is 0.400. The molecule has 0 radical (unpaired) electrons. The molecule has 0 N–H and O–H groups in total. The molecular weight excluding hydrogens is 300 g/mol. The number of pyridine rings is 1. The first-order valence-electron chi connectivity index (χ1n) is 8.69. The number of hydrogen-bond acceptors (Lipinski definition) is 3. The van der Waals surface area contributed by atoms with Gasteiger partial charge in [0, 0.05) is 30.5 Å². The van der Waals surface area contributed by atoms with E-state index in [-0.39, 0.29) is 12.5 Å². The lowest BCUT2D eigenvalue weighted by Crippen LogP contribution is -2.34. The summed E-state index contributed by atoms with van der Waals surface area (Å²) in [5.74, 6) is 0.839. The largest absolute Gasteiger partial charge is 0.483 e. The Balaban J connectivity index is 1.62. The van der Waals surface area contributed by atoms with Crippen LogP contribution in [0.5, 0.6) is 5.75 Å². The zero-order valence-electron chi connectivity index (χ0n) is 14.2. The number of carbonyl (C=O) groups is 1. The first-order chi connectivity index (χ1) is 11.8. The van der Waals surface area contributed by atoms with Gasteiger partial charge in [-0.25, -0.2) is 0 Å². The molecule has 0 unspecified atom stereocenters. The van der Waals surface area contributed by atoms with Gasteiger partial charge >= 0.3 is 0 Å². The van der Waals surface area contributed by atoms with Crippen molar-refractivity contribution in [3.63, 3.8) is 0 Å². The molecule has 0 bridgehead atoms. The molecule has 0 saturated heterocycles. The Labute approximate surface area is 143 Å².